The van der Waals surface area contributed by atoms with Gasteiger partial charge in [-0.3, -0.25) is 0 Å². The van der Waals surface area contributed by atoms with Crippen LogP contribution < -0.4 is 4.57 Å². The Labute approximate surface area is 172 Å². The minimum atomic E-state index is -2.28. The molecule has 3 heterocycles. The van der Waals surface area contributed by atoms with Gasteiger partial charge in [-0.15, -0.1) is 0 Å². The van der Waals surface area contributed by atoms with E-state index >= 15 is 0 Å². The van der Waals surface area contributed by atoms with Crippen molar-refractivity contribution in [2.24, 2.45) is 7.05 Å². The number of benzene rings is 3. The van der Waals surface area contributed by atoms with Gasteiger partial charge in [0.25, 0.3) is 0 Å². The molecule has 0 unspecified atom stereocenters. The predicted octanol–water partition coefficient (Wildman–Crippen LogP) is 6.59. The minimum absolute atomic E-state index is 0.293. The molecule has 0 atom stereocenters. The lowest BCUT2D eigenvalue weighted by molar-refractivity contribution is -0.660. The lowest BCUT2D eigenvalue weighted by Crippen LogP contribution is -2.30. The van der Waals surface area contributed by atoms with Gasteiger partial charge in [-0.25, -0.2) is 4.57 Å². The molecule has 0 aliphatic carbocycles. The van der Waals surface area contributed by atoms with Crippen molar-refractivity contribution >= 4 is 43.9 Å². The topological polar surface area (TPSA) is 30.2 Å². The summed E-state index contributed by atoms with van der Waals surface area (Å²) in [7, 11) is 1.97. The van der Waals surface area contributed by atoms with Gasteiger partial charge in [0.1, 0.15) is 29.4 Å². The van der Waals surface area contributed by atoms with Crippen LogP contribution in [-0.4, -0.2) is 0 Å². The average Bonchev–Trinajstić information content (AvgIpc) is 3.29. The molecule has 3 aromatic carbocycles. The average molecular weight is 381 g/mol. The quantitative estimate of drug-likeness (QED) is 0.301. The number of nitrogens with zero attached hydrogens (tertiary/aromatic N) is 1. The summed E-state index contributed by atoms with van der Waals surface area (Å²) in [6, 6.07) is 19.5. The van der Waals surface area contributed by atoms with Gasteiger partial charge in [0.2, 0.25) is 5.69 Å². The second kappa shape index (κ2) is 5.71. The van der Waals surface area contributed by atoms with Crippen LogP contribution in [0.15, 0.2) is 75.7 Å². The van der Waals surface area contributed by atoms with Crippen molar-refractivity contribution in [1.82, 2.24) is 0 Å². The zero-order valence-electron chi connectivity index (χ0n) is 19.1. The van der Waals surface area contributed by atoms with Crippen molar-refractivity contribution in [2.45, 2.75) is 13.8 Å². The molecule has 3 nitrogen and oxygen atoms in total. The molecule has 29 heavy (non-hydrogen) atoms. The highest BCUT2D eigenvalue weighted by atomic mass is 16.3. The maximum absolute atomic E-state index is 8.20. The molecular weight excluding hydrogens is 358 g/mol. The van der Waals surface area contributed by atoms with Crippen LogP contribution in [0.4, 0.5) is 0 Å². The van der Waals surface area contributed by atoms with E-state index in [4.69, 9.17) is 12.9 Å². The number of hydrogen-bond donors (Lipinski definition) is 0. The van der Waals surface area contributed by atoms with Crippen LogP contribution in [0.25, 0.3) is 55.1 Å². The maximum Gasteiger partial charge on any atom is 0.216 e. The van der Waals surface area contributed by atoms with Gasteiger partial charge in [-0.2, -0.15) is 0 Å². The van der Waals surface area contributed by atoms with Gasteiger partial charge >= 0.3 is 0 Å². The Kier molecular flexibility index (Phi) is 2.67. The predicted molar refractivity (Wildman–Crippen MR) is 117 cm³/mol. The zero-order chi connectivity index (χ0) is 22.2. The lowest BCUT2D eigenvalue weighted by atomic mass is 9.96. The smallest absolute Gasteiger partial charge is 0.216 e. The highest BCUT2D eigenvalue weighted by Gasteiger charge is 2.22. The van der Waals surface area contributed by atoms with Gasteiger partial charge in [0, 0.05) is 37.8 Å². The van der Waals surface area contributed by atoms with Crippen LogP contribution in [0.1, 0.15) is 15.2 Å². The van der Waals surface area contributed by atoms with Crippen LogP contribution >= 0.6 is 0 Å². The molecule has 0 saturated heterocycles. The number of aryl methyl sites for hydroxylation is 3. The first kappa shape index (κ1) is 13.6. The van der Waals surface area contributed by atoms with E-state index in [1.165, 1.54) is 0 Å². The number of rotatable bonds is 1. The van der Waals surface area contributed by atoms with Crippen LogP contribution in [0.2, 0.25) is 0 Å². The SMILES string of the molecule is [2H]C([2H])([2H])c1cc(C)c(-c2cccc[n+]2C)c2oc3cc4c(cc3c12)oc1ccccc14. The highest BCUT2D eigenvalue weighted by Crippen LogP contribution is 2.41. The third-order valence-electron chi connectivity index (χ3n) is 5.75. The molecule has 6 aromatic rings. The van der Waals surface area contributed by atoms with Crippen molar-refractivity contribution < 1.29 is 17.5 Å². The summed E-state index contributed by atoms with van der Waals surface area (Å²) in [6.45, 7) is -0.344. The van der Waals surface area contributed by atoms with Gasteiger partial charge in [-0.1, -0.05) is 24.3 Å². The van der Waals surface area contributed by atoms with E-state index in [0.29, 0.717) is 27.7 Å². The van der Waals surface area contributed by atoms with E-state index in [-0.39, 0.29) is 0 Å². The van der Waals surface area contributed by atoms with Gasteiger partial charge in [0.15, 0.2) is 6.20 Å². The summed E-state index contributed by atoms with van der Waals surface area (Å²) in [5, 5.41) is 3.32. The number of fused-ring (bicyclic) bond motifs is 6. The fraction of sp³-hybridized carbons (Fsp3) is 0.115. The molecule has 0 saturated carbocycles. The van der Waals surface area contributed by atoms with E-state index < -0.39 is 6.85 Å². The van der Waals surface area contributed by atoms with Gasteiger partial charge in [-0.05, 0) is 49.2 Å². The zero-order valence-corrected chi connectivity index (χ0v) is 16.1. The second-order valence-electron chi connectivity index (χ2n) is 7.56. The molecule has 0 aliphatic rings. The summed E-state index contributed by atoms with van der Waals surface area (Å²) >= 11 is 0. The monoisotopic (exact) mass is 381 g/mol. The first-order valence-electron chi connectivity index (χ1n) is 11.1. The van der Waals surface area contributed by atoms with E-state index in [2.05, 4.69) is 0 Å². The molecule has 0 bridgehead atoms. The summed E-state index contributed by atoms with van der Waals surface area (Å²) < 4.78 is 39.1. The Morgan fingerprint density at radius 1 is 0.793 bits per heavy atom. The first-order valence-corrected chi connectivity index (χ1v) is 9.59. The molecule has 3 heteroatoms. The number of hydrogen-bond acceptors (Lipinski definition) is 2. The molecule has 0 aliphatic heterocycles. The van der Waals surface area contributed by atoms with Crippen LogP contribution in [0.3, 0.4) is 0 Å². The maximum atomic E-state index is 8.20. The molecule has 3 aromatic heterocycles. The first-order chi connectivity index (χ1) is 15.3. The Bertz CT molecular complexity index is 1690. The largest absolute Gasteiger partial charge is 0.456 e. The third kappa shape index (κ3) is 2.21. The third-order valence-corrected chi connectivity index (χ3v) is 5.75. The van der Waals surface area contributed by atoms with Crippen LogP contribution in [0, 0.1) is 13.8 Å². The Balaban J connectivity index is 1.82. The normalized spacial score (nSPS) is 13.9. The van der Waals surface area contributed by atoms with Crippen molar-refractivity contribution in [3.05, 3.63) is 78.0 Å². The second-order valence-corrected chi connectivity index (χ2v) is 7.56. The van der Waals surface area contributed by atoms with Gasteiger partial charge < -0.3 is 8.83 Å². The van der Waals surface area contributed by atoms with E-state index in [1.54, 1.807) is 6.07 Å². The summed E-state index contributed by atoms with van der Waals surface area (Å²) in [6.07, 6.45) is 1.97. The number of furan rings is 2. The number of aromatic nitrogens is 1. The van der Waals surface area contributed by atoms with Crippen LogP contribution in [-0.2, 0) is 7.05 Å². The van der Waals surface area contributed by atoms with E-state index in [9.17, 15) is 0 Å². The molecular formula is C26H20NO2+. The molecule has 0 radical (unpaired) electrons. The Morgan fingerprint density at radius 3 is 2.45 bits per heavy atom. The summed E-state index contributed by atoms with van der Waals surface area (Å²) in [5.41, 5.74) is 5.75. The van der Waals surface area contributed by atoms with Gasteiger partial charge in [0.05, 0.1) is 5.56 Å². The van der Waals surface area contributed by atoms with E-state index in [1.807, 2.05) is 79.3 Å². The fourth-order valence-electron chi connectivity index (χ4n) is 4.40. The molecule has 140 valence electrons. The standard InChI is InChI=1S/C26H20NO2/c1-15-12-16(2)25(20-9-6-7-11-27(20)3)26-24(15)19-14-22-18(13-23(19)29-26)17-8-4-5-10-21(17)28-22/h4-14H,1-3H3/q+1/i1D3. The Morgan fingerprint density at radius 2 is 1.59 bits per heavy atom. The molecule has 0 N–H and O–H groups in total. The summed E-state index contributed by atoms with van der Waals surface area (Å²) in [4.78, 5) is 0. The molecule has 0 spiro atoms. The van der Waals surface area contributed by atoms with Crippen molar-refractivity contribution in [3.63, 3.8) is 0 Å². The molecule has 0 fully saturated rings. The number of para-hydroxylation sites is 1. The van der Waals surface area contributed by atoms with Crippen LogP contribution in [0.5, 0.6) is 0 Å². The van der Waals surface area contributed by atoms with Crippen molar-refractivity contribution in [2.75, 3.05) is 0 Å². The van der Waals surface area contributed by atoms with Crippen molar-refractivity contribution in [3.8, 4) is 11.3 Å². The number of pyridine rings is 1. The lowest BCUT2D eigenvalue weighted by Gasteiger charge is -2.07. The Hall–Kier alpha value is -3.59. The minimum Gasteiger partial charge on any atom is -0.456 e. The summed E-state index contributed by atoms with van der Waals surface area (Å²) in [5.74, 6) is 0. The highest BCUT2D eigenvalue weighted by molar-refractivity contribution is 6.17. The molecule has 6 rings (SSSR count). The van der Waals surface area contributed by atoms with E-state index in [0.717, 1.165) is 38.6 Å². The molecule has 0 amide bonds. The fourth-order valence-corrected chi connectivity index (χ4v) is 4.40. The van der Waals surface area contributed by atoms with Crippen molar-refractivity contribution in [1.29, 1.82) is 0 Å².